The smallest absolute Gasteiger partial charge is 0.254 e. The number of aryl methyl sites for hydroxylation is 1. The van der Waals surface area contributed by atoms with E-state index in [1.54, 1.807) is 14.2 Å². The van der Waals surface area contributed by atoms with Gasteiger partial charge in [-0.15, -0.1) is 11.3 Å². The monoisotopic (exact) mass is 440 g/mol. The molecule has 0 aliphatic carbocycles. The van der Waals surface area contributed by atoms with Crippen LogP contribution >= 0.6 is 11.3 Å². The zero-order chi connectivity index (χ0) is 22.1. The van der Waals surface area contributed by atoms with Crippen LogP contribution in [0.15, 0.2) is 53.9 Å². The minimum atomic E-state index is 0.000126. The Morgan fingerprint density at radius 1 is 1.03 bits per heavy atom. The van der Waals surface area contributed by atoms with E-state index in [4.69, 9.17) is 14.2 Å². The van der Waals surface area contributed by atoms with Gasteiger partial charge in [0.15, 0.2) is 0 Å². The van der Waals surface area contributed by atoms with Crippen LogP contribution in [0.25, 0.3) is 0 Å². The number of hydrogen-bond donors (Lipinski definition) is 0. The Bertz CT molecular complexity index is 954. The summed E-state index contributed by atoms with van der Waals surface area (Å²) < 4.78 is 16.1. The fourth-order valence-corrected chi connectivity index (χ4v) is 3.73. The maximum absolute atomic E-state index is 13.1. The number of nitrogens with zero attached hydrogens (tertiary/aromatic N) is 2. The number of hydrogen-bond acceptors (Lipinski definition) is 6. The van der Waals surface area contributed by atoms with Gasteiger partial charge < -0.3 is 19.1 Å². The van der Waals surface area contributed by atoms with Crippen molar-refractivity contribution in [3.8, 4) is 11.5 Å². The highest BCUT2D eigenvalue weighted by atomic mass is 32.1. The van der Waals surface area contributed by atoms with Crippen molar-refractivity contribution in [1.29, 1.82) is 0 Å². The van der Waals surface area contributed by atoms with Crippen LogP contribution in [0, 0.1) is 6.92 Å². The van der Waals surface area contributed by atoms with Crippen LogP contribution in [-0.4, -0.2) is 43.2 Å². The topological polar surface area (TPSA) is 60.9 Å². The van der Waals surface area contributed by atoms with Crippen molar-refractivity contribution in [2.75, 3.05) is 27.4 Å². The van der Waals surface area contributed by atoms with Crippen molar-refractivity contribution in [2.24, 2.45) is 0 Å². The highest BCUT2D eigenvalue weighted by Crippen LogP contribution is 2.20. The first kappa shape index (κ1) is 22.8. The second-order valence-electron chi connectivity index (χ2n) is 7.14. The van der Waals surface area contributed by atoms with Gasteiger partial charge in [-0.05, 0) is 49.7 Å². The van der Waals surface area contributed by atoms with Gasteiger partial charge in [0, 0.05) is 31.2 Å². The third kappa shape index (κ3) is 6.80. The minimum absolute atomic E-state index is 0.000126. The normalized spacial score (nSPS) is 10.7. The molecular formula is C24H28N2O4S. The molecule has 1 aromatic heterocycles. The van der Waals surface area contributed by atoms with Crippen molar-refractivity contribution in [3.63, 3.8) is 0 Å². The number of ether oxygens (including phenoxy) is 3. The lowest BCUT2D eigenvalue weighted by atomic mass is 10.1. The number of carbonyl (C=O) groups excluding carboxylic acids is 1. The van der Waals surface area contributed by atoms with E-state index in [2.05, 4.69) is 4.98 Å². The van der Waals surface area contributed by atoms with Crippen LogP contribution < -0.4 is 9.47 Å². The van der Waals surface area contributed by atoms with Crippen LogP contribution in [0.1, 0.15) is 33.0 Å². The molecule has 1 heterocycles. The average molecular weight is 441 g/mol. The van der Waals surface area contributed by atoms with Crippen LogP contribution in [0.4, 0.5) is 0 Å². The first-order valence-electron chi connectivity index (χ1n) is 10.1. The Kier molecular flexibility index (Phi) is 8.44. The van der Waals surface area contributed by atoms with Gasteiger partial charge in [0.1, 0.15) is 23.1 Å². The number of thiazole rings is 1. The van der Waals surface area contributed by atoms with Crippen LogP contribution in [0.3, 0.4) is 0 Å². The standard InChI is InChI=1S/C24H28N2O4S/c1-18-5-7-19(8-6-18)24(27)26(13-4-14-28-2)15-20-17-31-23(25-20)16-30-22-11-9-21(29-3)10-12-22/h5-12,17H,4,13-16H2,1-3H3. The molecule has 0 aliphatic rings. The van der Waals surface area contributed by atoms with Crippen molar-refractivity contribution >= 4 is 17.2 Å². The number of aromatic nitrogens is 1. The molecular weight excluding hydrogens is 412 g/mol. The van der Waals surface area contributed by atoms with E-state index >= 15 is 0 Å². The summed E-state index contributed by atoms with van der Waals surface area (Å²) in [4.78, 5) is 19.5. The van der Waals surface area contributed by atoms with Gasteiger partial charge in [0.05, 0.1) is 19.3 Å². The SMILES string of the molecule is COCCCN(Cc1csc(COc2ccc(OC)cc2)n1)C(=O)c1ccc(C)cc1. The summed E-state index contributed by atoms with van der Waals surface area (Å²) in [5.74, 6) is 1.55. The summed E-state index contributed by atoms with van der Waals surface area (Å²) in [7, 11) is 3.30. The van der Waals surface area contributed by atoms with E-state index in [1.807, 2.05) is 65.7 Å². The second kappa shape index (κ2) is 11.5. The van der Waals surface area contributed by atoms with E-state index in [0.29, 0.717) is 31.9 Å². The summed E-state index contributed by atoms with van der Waals surface area (Å²) in [5, 5.41) is 2.85. The molecule has 7 heteroatoms. The quantitative estimate of drug-likeness (QED) is 0.404. The second-order valence-corrected chi connectivity index (χ2v) is 8.08. The van der Waals surface area contributed by atoms with Gasteiger partial charge in [-0.2, -0.15) is 0 Å². The third-order valence-electron chi connectivity index (χ3n) is 4.74. The Balaban J connectivity index is 1.62. The minimum Gasteiger partial charge on any atom is -0.497 e. The predicted molar refractivity (Wildman–Crippen MR) is 122 cm³/mol. The number of rotatable bonds is 11. The summed E-state index contributed by atoms with van der Waals surface area (Å²) in [6, 6.07) is 15.1. The molecule has 0 unspecified atom stereocenters. The molecule has 0 bridgehead atoms. The van der Waals surface area contributed by atoms with Gasteiger partial charge in [0.25, 0.3) is 5.91 Å². The van der Waals surface area contributed by atoms with E-state index in [1.165, 1.54) is 11.3 Å². The van der Waals surface area contributed by atoms with Gasteiger partial charge in [-0.1, -0.05) is 17.7 Å². The Morgan fingerprint density at radius 3 is 2.42 bits per heavy atom. The zero-order valence-electron chi connectivity index (χ0n) is 18.2. The highest BCUT2D eigenvalue weighted by molar-refractivity contribution is 7.09. The van der Waals surface area contributed by atoms with Crippen molar-refractivity contribution in [1.82, 2.24) is 9.88 Å². The average Bonchev–Trinajstić information content (AvgIpc) is 3.25. The maximum Gasteiger partial charge on any atom is 0.254 e. The first-order valence-corrected chi connectivity index (χ1v) is 11.0. The van der Waals surface area contributed by atoms with E-state index in [9.17, 15) is 4.79 Å². The van der Waals surface area contributed by atoms with Crippen LogP contribution in [0.5, 0.6) is 11.5 Å². The van der Waals surface area contributed by atoms with Gasteiger partial charge >= 0.3 is 0 Å². The van der Waals surface area contributed by atoms with Crippen LogP contribution in [-0.2, 0) is 17.9 Å². The third-order valence-corrected chi connectivity index (χ3v) is 5.61. The van der Waals surface area contributed by atoms with E-state index in [-0.39, 0.29) is 5.91 Å². The molecule has 31 heavy (non-hydrogen) atoms. The van der Waals surface area contributed by atoms with Gasteiger partial charge in [0.2, 0.25) is 0 Å². The molecule has 0 N–H and O–H groups in total. The number of carbonyl (C=O) groups is 1. The van der Waals surface area contributed by atoms with Gasteiger partial charge in [-0.25, -0.2) is 4.98 Å². The molecule has 0 radical (unpaired) electrons. The molecule has 1 amide bonds. The van der Waals surface area contributed by atoms with E-state index < -0.39 is 0 Å². The predicted octanol–water partition coefficient (Wildman–Crippen LogP) is 4.72. The Morgan fingerprint density at radius 2 is 1.74 bits per heavy atom. The molecule has 0 atom stereocenters. The first-order chi connectivity index (χ1) is 15.1. The molecule has 3 aromatic rings. The largest absolute Gasteiger partial charge is 0.497 e. The molecule has 0 saturated heterocycles. The zero-order valence-corrected chi connectivity index (χ0v) is 19.0. The van der Waals surface area contributed by atoms with Crippen molar-refractivity contribution < 1.29 is 19.0 Å². The fourth-order valence-electron chi connectivity index (χ4n) is 3.03. The fraction of sp³-hybridized carbons (Fsp3) is 0.333. The van der Waals surface area contributed by atoms with E-state index in [0.717, 1.165) is 34.2 Å². The summed E-state index contributed by atoms with van der Waals surface area (Å²) in [6.07, 6.45) is 0.770. The highest BCUT2D eigenvalue weighted by Gasteiger charge is 2.17. The summed E-state index contributed by atoms with van der Waals surface area (Å²) in [6.45, 7) is 4.06. The molecule has 0 aliphatic heterocycles. The lowest BCUT2D eigenvalue weighted by Crippen LogP contribution is -2.32. The van der Waals surface area contributed by atoms with Crippen LogP contribution in [0.2, 0.25) is 0 Å². The van der Waals surface area contributed by atoms with Crippen molar-refractivity contribution in [3.05, 3.63) is 75.7 Å². The Labute approximate surface area is 187 Å². The number of amides is 1. The number of methoxy groups -OCH3 is 2. The molecule has 0 spiro atoms. The molecule has 2 aromatic carbocycles. The summed E-state index contributed by atoms with van der Waals surface area (Å²) >= 11 is 1.53. The molecule has 0 fully saturated rings. The molecule has 6 nitrogen and oxygen atoms in total. The maximum atomic E-state index is 13.1. The Hall–Kier alpha value is -2.90. The molecule has 0 saturated carbocycles. The lowest BCUT2D eigenvalue weighted by molar-refractivity contribution is 0.0721. The molecule has 3 rings (SSSR count). The molecule has 164 valence electrons. The van der Waals surface area contributed by atoms with Crippen molar-refractivity contribution in [2.45, 2.75) is 26.5 Å². The number of benzene rings is 2. The van der Waals surface area contributed by atoms with Gasteiger partial charge in [-0.3, -0.25) is 4.79 Å². The lowest BCUT2D eigenvalue weighted by Gasteiger charge is -2.22. The summed E-state index contributed by atoms with van der Waals surface area (Å²) in [5.41, 5.74) is 2.67.